The number of Topliss-reactive ketones (excluding diaryl/α,β-unsaturated/α-hetero) is 1. The topological polar surface area (TPSA) is 123 Å². The number of aromatic nitrogens is 5. The Morgan fingerprint density at radius 1 is 0.935 bits per heavy atom. The second-order valence-electron chi connectivity index (χ2n) is 12.2. The Kier molecular flexibility index (Phi) is 10.9. The first-order valence-corrected chi connectivity index (χ1v) is 17.0. The van der Waals surface area contributed by atoms with Gasteiger partial charge in [0.05, 0.1) is 5.52 Å². The standard InChI is InChI=1S/C35H42BrN7O3/c1-22-14-15-30(36)39-34(22)40-35(46)23(2)42-16-12-10-8-6-5-7-9-11-13-26-17-27(28-19-37-25(4)38-20-28)18-29-32(24(3)44)41-43(33(26)29)21-31(42)45/h14-15,17-20,23H,5-13,16,21H2,1-4H3,(H,39,40,46). The molecule has 0 aliphatic carbocycles. The number of hydrogen-bond donors (Lipinski definition) is 1. The average Bonchev–Trinajstić information content (AvgIpc) is 3.39. The molecule has 46 heavy (non-hydrogen) atoms. The molecule has 5 rings (SSSR count). The van der Waals surface area contributed by atoms with Crippen LogP contribution in [-0.4, -0.2) is 59.8 Å². The number of nitrogens with one attached hydrogen (secondary N) is 1. The minimum Gasteiger partial charge on any atom is -0.329 e. The van der Waals surface area contributed by atoms with Crippen molar-refractivity contribution in [2.75, 3.05) is 11.9 Å². The predicted octanol–water partition coefficient (Wildman–Crippen LogP) is 7.00. The van der Waals surface area contributed by atoms with Gasteiger partial charge in [-0.2, -0.15) is 5.10 Å². The highest BCUT2D eigenvalue weighted by Crippen LogP contribution is 2.32. The highest BCUT2D eigenvalue weighted by molar-refractivity contribution is 9.10. The fourth-order valence-electron chi connectivity index (χ4n) is 6.08. The second-order valence-corrected chi connectivity index (χ2v) is 13.1. The van der Waals surface area contributed by atoms with Gasteiger partial charge in [0.2, 0.25) is 11.8 Å². The SMILES string of the molecule is CC(=O)c1nn2c3c(cc(-c4cnc(C)nc4)cc13)CCCCCCCCCCN(C(C)C(=O)Nc1nc(Br)ccc1C)C(=O)C2. The largest absolute Gasteiger partial charge is 0.329 e. The summed E-state index contributed by atoms with van der Waals surface area (Å²) in [7, 11) is 0. The van der Waals surface area contributed by atoms with E-state index in [1.807, 2.05) is 32.0 Å². The van der Waals surface area contributed by atoms with Crippen LogP contribution < -0.4 is 5.32 Å². The molecule has 1 aromatic carbocycles. The van der Waals surface area contributed by atoms with Crippen molar-refractivity contribution in [2.24, 2.45) is 0 Å². The first kappa shape index (κ1) is 33.4. The zero-order valence-electron chi connectivity index (χ0n) is 27.1. The van der Waals surface area contributed by atoms with Crippen LogP contribution in [0.15, 0.2) is 41.3 Å². The smallest absolute Gasteiger partial charge is 0.248 e. The number of hydrogen-bond acceptors (Lipinski definition) is 7. The Bertz CT molecular complexity index is 1730. The molecule has 4 aromatic rings. The highest BCUT2D eigenvalue weighted by atomic mass is 79.9. The lowest BCUT2D eigenvalue weighted by Gasteiger charge is -2.29. The Labute approximate surface area is 278 Å². The summed E-state index contributed by atoms with van der Waals surface area (Å²) in [5.74, 6) is 0.431. The van der Waals surface area contributed by atoms with Crippen LogP contribution in [0.25, 0.3) is 22.0 Å². The van der Waals surface area contributed by atoms with Gasteiger partial charge < -0.3 is 10.2 Å². The van der Waals surface area contributed by atoms with Crippen molar-refractivity contribution >= 4 is 50.2 Å². The van der Waals surface area contributed by atoms with Crippen LogP contribution in [0.1, 0.15) is 92.7 Å². The molecule has 0 radical (unpaired) electrons. The molecule has 4 heterocycles. The van der Waals surface area contributed by atoms with Crippen LogP contribution in [0, 0.1) is 13.8 Å². The molecule has 0 spiro atoms. The van der Waals surface area contributed by atoms with E-state index in [1.165, 1.54) is 13.3 Å². The van der Waals surface area contributed by atoms with Crippen molar-refractivity contribution in [2.45, 2.75) is 98.1 Å². The monoisotopic (exact) mass is 687 g/mol. The van der Waals surface area contributed by atoms with E-state index in [-0.39, 0.29) is 24.1 Å². The number of amides is 2. The number of rotatable bonds is 5. The molecule has 2 amide bonds. The molecule has 1 aliphatic heterocycles. The number of nitrogens with zero attached hydrogens (tertiary/aromatic N) is 6. The lowest BCUT2D eigenvalue weighted by molar-refractivity contribution is -0.138. The second kappa shape index (κ2) is 15.1. The summed E-state index contributed by atoms with van der Waals surface area (Å²) >= 11 is 3.37. The van der Waals surface area contributed by atoms with Gasteiger partial charge in [-0.25, -0.2) is 15.0 Å². The number of anilines is 1. The van der Waals surface area contributed by atoms with Crippen LogP contribution in [0.5, 0.6) is 0 Å². The van der Waals surface area contributed by atoms with Crippen molar-refractivity contribution in [3.05, 3.63) is 63.9 Å². The summed E-state index contributed by atoms with van der Waals surface area (Å²) in [5, 5.41) is 8.35. The van der Waals surface area contributed by atoms with Gasteiger partial charge in [-0.15, -0.1) is 0 Å². The van der Waals surface area contributed by atoms with E-state index in [1.54, 1.807) is 28.9 Å². The minimum atomic E-state index is -0.742. The van der Waals surface area contributed by atoms with E-state index in [0.717, 1.165) is 79.1 Å². The number of aryl methyl sites for hydroxylation is 3. The normalized spacial score (nSPS) is 15.9. The van der Waals surface area contributed by atoms with Crippen molar-refractivity contribution in [3.63, 3.8) is 0 Å². The fraction of sp³-hybridized carbons (Fsp3) is 0.457. The van der Waals surface area contributed by atoms with Gasteiger partial charge in [0, 0.05) is 36.8 Å². The third kappa shape index (κ3) is 7.86. The third-order valence-electron chi connectivity index (χ3n) is 8.72. The maximum absolute atomic E-state index is 14.1. The van der Waals surface area contributed by atoms with Crippen molar-refractivity contribution in [1.82, 2.24) is 29.6 Å². The Morgan fingerprint density at radius 2 is 1.61 bits per heavy atom. The first-order valence-electron chi connectivity index (χ1n) is 16.2. The first-order chi connectivity index (χ1) is 22.1. The van der Waals surface area contributed by atoms with Crippen LogP contribution in [0.3, 0.4) is 0 Å². The molecule has 0 saturated heterocycles. The predicted molar refractivity (Wildman–Crippen MR) is 183 cm³/mol. The summed E-state index contributed by atoms with van der Waals surface area (Å²) in [6, 6.07) is 7.02. The Balaban J connectivity index is 1.53. The molecule has 1 atom stereocenters. The van der Waals surface area contributed by atoms with Crippen LogP contribution in [0.2, 0.25) is 0 Å². The molecule has 0 fully saturated rings. The summed E-state index contributed by atoms with van der Waals surface area (Å²) in [5.41, 5.74) is 4.73. The molecule has 1 unspecified atom stereocenters. The molecule has 3 aromatic heterocycles. The number of ketones is 1. The van der Waals surface area contributed by atoms with Crippen molar-refractivity contribution in [1.29, 1.82) is 0 Å². The van der Waals surface area contributed by atoms with E-state index < -0.39 is 6.04 Å². The van der Waals surface area contributed by atoms with Gasteiger partial charge in [0.1, 0.15) is 34.5 Å². The average molecular weight is 689 g/mol. The van der Waals surface area contributed by atoms with Gasteiger partial charge in [0.15, 0.2) is 5.78 Å². The van der Waals surface area contributed by atoms with Gasteiger partial charge in [-0.3, -0.25) is 19.1 Å². The summed E-state index contributed by atoms with van der Waals surface area (Å²) in [6.45, 7) is 7.33. The van der Waals surface area contributed by atoms with Crippen LogP contribution in [0.4, 0.5) is 5.82 Å². The third-order valence-corrected chi connectivity index (χ3v) is 9.16. The van der Waals surface area contributed by atoms with Gasteiger partial charge in [-0.1, -0.05) is 44.6 Å². The van der Waals surface area contributed by atoms with Gasteiger partial charge in [0.25, 0.3) is 0 Å². The van der Waals surface area contributed by atoms with Crippen molar-refractivity contribution in [3.8, 4) is 11.1 Å². The summed E-state index contributed by atoms with van der Waals surface area (Å²) in [4.78, 5) is 55.4. The Morgan fingerprint density at radius 3 is 2.30 bits per heavy atom. The zero-order valence-corrected chi connectivity index (χ0v) is 28.7. The number of carbonyl (C=O) groups is 3. The minimum absolute atomic E-state index is 0.0877. The van der Waals surface area contributed by atoms with Crippen molar-refractivity contribution < 1.29 is 14.4 Å². The van der Waals surface area contributed by atoms with E-state index in [4.69, 9.17) is 5.10 Å². The quantitative estimate of drug-likeness (QED) is 0.177. The van der Waals surface area contributed by atoms with Gasteiger partial charge in [-0.05, 0) is 90.9 Å². The van der Waals surface area contributed by atoms with E-state index in [9.17, 15) is 14.4 Å². The molecule has 0 bridgehead atoms. The van der Waals surface area contributed by atoms with Crippen LogP contribution in [-0.2, 0) is 22.6 Å². The number of pyridine rings is 1. The number of carbonyl (C=O) groups excluding carboxylic acids is 3. The molecular weight excluding hydrogens is 646 g/mol. The van der Waals surface area contributed by atoms with E-state index in [0.29, 0.717) is 33.9 Å². The molecule has 1 aliphatic rings. The molecular formula is C35H42BrN7O3. The molecule has 0 saturated carbocycles. The summed E-state index contributed by atoms with van der Waals surface area (Å²) in [6.07, 6.45) is 12.8. The van der Waals surface area contributed by atoms with Gasteiger partial charge >= 0.3 is 0 Å². The highest BCUT2D eigenvalue weighted by Gasteiger charge is 2.28. The fourth-order valence-corrected chi connectivity index (χ4v) is 6.39. The molecule has 242 valence electrons. The number of halogens is 1. The maximum atomic E-state index is 14.1. The molecule has 1 N–H and O–H groups in total. The maximum Gasteiger partial charge on any atom is 0.248 e. The lowest BCUT2D eigenvalue weighted by Crippen LogP contribution is -2.47. The van der Waals surface area contributed by atoms with Crippen LogP contribution >= 0.6 is 15.9 Å². The summed E-state index contributed by atoms with van der Waals surface area (Å²) < 4.78 is 2.28. The lowest BCUT2D eigenvalue weighted by atomic mass is 9.96. The van der Waals surface area contributed by atoms with E-state index in [2.05, 4.69) is 42.3 Å². The molecule has 10 nitrogen and oxygen atoms in total. The zero-order chi connectivity index (χ0) is 32.8. The van der Waals surface area contributed by atoms with E-state index >= 15 is 0 Å². The molecule has 11 heteroatoms. The Hall–Kier alpha value is -3.99. The number of benzene rings is 1.